The summed E-state index contributed by atoms with van der Waals surface area (Å²) in [4.78, 5) is 22.2. The van der Waals surface area contributed by atoms with E-state index in [1.54, 1.807) is 37.3 Å². The Morgan fingerprint density at radius 1 is 1.14 bits per heavy atom. The molecule has 0 aliphatic carbocycles. The van der Waals surface area contributed by atoms with Crippen LogP contribution in [-0.4, -0.2) is 51.3 Å². The quantitative estimate of drug-likeness (QED) is 0.258. The third-order valence-electron chi connectivity index (χ3n) is 8.83. The SMILES string of the molecule is [C-]#[N+]c1ccc(C2(C)Oc3cccc(C4CCN(Cc5nc6ccc(C(=O)O)cc6n5C[C@@H]5CCO5)CC4)c3O2)c(F)c1. The first-order valence-corrected chi connectivity index (χ1v) is 14.6. The van der Waals surface area contributed by atoms with Crippen LogP contribution in [0, 0.1) is 12.4 Å². The Morgan fingerprint density at radius 2 is 1.95 bits per heavy atom. The molecular weight excluding hydrogens is 551 g/mol. The molecule has 4 heterocycles. The predicted octanol–water partition coefficient (Wildman–Crippen LogP) is 6.24. The molecule has 0 bridgehead atoms. The van der Waals surface area contributed by atoms with Crippen LogP contribution in [0.2, 0.25) is 0 Å². The van der Waals surface area contributed by atoms with Crippen molar-refractivity contribution in [3.8, 4) is 11.5 Å². The van der Waals surface area contributed by atoms with E-state index in [0.29, 0.717) is 24.6 Å². The van der Waals surface area contributed by atoms with Gasteiger partial charge in [-0.15, -0.1) is 0 Å². The maximum Gasteiger partial charge on any atom is 0.335 e. The standard InChI is InChI=1S/C33H31FN4O5/c1-33(25-8-7-22(35-2)17-26(25)34)42-29-5-3-4-24(31(29)43-33)20-10-13-37(14-11-20)19-30-36-27-9-6-21(32(39)40)16-28(27)38(30)18-23-12-15-41-23/h3-9,16-17,20,23H,10-15,18-19H2,1H3,(H,39,40)/t23-,33?/m0/s1. The van der Waals surface area contributed by atoms with Crippen molar-refractivity contribution >= 4 is 22.7 Å². The van der Waals surface area contributed by atoms with E-state index in [2.05, 4.69) is 20.4 Å². The maximum absolute atomic E-state index is 14.9. The summed E-state index contributed by atoms with van der Waals surface area (Å²) in [6.07, 6.45) is 2.90. The van der Waals surface area contributed by atoms with Crippen LogP contribution in [0.3, 0.4) is 0 Å². The van der Waals surface area contributed by atoms with E-state index in [9.17, 15) is 14.3 Å². The van der Waals surface area contributed by atoms with Crippen molar-refractivity contribution in [3.05, 3.63) is 94.3 Å². The molecule has 1 aromatic heterocycles. The minimum absolute atomic E-state index is 0.113. The second-order valence-corrected chi connectivity index (χ2v) is 11.6. The number of aromatic nitrogens is 2. The first kappa shape index (κ1) is 27.4. The van der Waals surface area contributed by atoms with Crippen molar-refractivity contribution in [2.24, 2.45) is 0 Å². The number of benzene rings is 3. The number of imidazole rings is 1. The fourth-order valence-electron chi connectivity index (χ4n) is 6.39. The lowest BCUT2D eigenvalue weighted by Crippen LogP contribution is -2.35. The molecule has 10 heteroatoms. The summed E-state index contributed by atoms with van der Waals surface area (Å²) >= 11 is 0. The maximum atomic E-state index is 14.9. The Morgan fingerprint density at radius 3 is 2.65 bits per heavy atom. The number of hydrogen-bond acceptors (Lipinski definition) is 6. The number of rotatable bonds is 7. The van der Waals surface area contributed by atoms with Gasteiger partial charge >= 0.3 is 5.97 Å². The van der Waals surface area contributed by atoms with Crippen LogP contribution in [0.1, 0.15) is 59.4 Å². The van der Waals surface area contributed by atoms with E-state index in [1.807, 2.05) is 12.1 Å². The number of halogens is 1. The Bertz CT molecular complexity index is 1770. The van der Waals surface area contributed by atoms with E-state index in [0.717, 1.165) is 61.4 Å². The molecule has 0 amide bonds. The van der Waals surface area contributed by atoms with Crippen molar-refractivity contribution < 1.29 is 28.5 Å². The Hall–Kier alpha value is -4.46. The van der Waals surface area contributed by atoms with Crippen LogP contribution < -0.4 is 9.47 Å². The summed E-state index contributed by atoms with van der Waals surface area (Å²) in [5.41, 5.74) is 3.38. The zero-order chi connectivity index (χ0) is 29.7. The largest absolute Gasteiger partial charge is 0.478 e. The van der Waals surface area contributed by atoms with Gasteiger partial charge in [0.25, 0.3) is 5.79 Å². The summed E-state index contributed by atoms with van der Waals surface area (Å²) in [5.74, 6) is -0.431. The topological polar surface area (TPSA) is 90.4 Å². The van der Waals surface area contributed by atoms with Gasteiger partial charge in [-0.1, -0.05) is 24.3 Å². The van der Waals surface area contributed by atoms with Crippen molar-refractivity contribution in [1.29, 1.82) is 0 Å². The molecule has 43 heavy (non-hydrogen) atoms. The Balaban J connectivity index is 1.08. The number of carboxylic acids is 1. The highest BCUT2D eigenvalue weighted by Gasteiger charge is 2.43. The van der Waals surface area contributed by atoms with Crippen molar-refractivity contribution in [2.45, 2.75) is 57.1 Å². The number of ether oxygens (including phenoxy) is 3. The molecule has 4 aromatic rings. The van der Waals surface area contributed by atoms with Crippen LogP contribution in [-0.2, 0) is 23.6 Å². The third-order valence-corrected chi connectivity index (χ3v) is 8.83. The lowest BCUT2D eigenvalue weighted by molar-refractivity contribution is -0.0711. The highest BCUT2D eigenvalue weighted by atomic mass is 19.1. The molecular formula is C33H31FN4O5. The van der Waals surface area contributed by atoms with Gasteiger partial charge in [0.15, 0.2) is 17.2 Å². The van der Waals surface area contributed by atoms with Gasteiger partial charge in [0.2, 0.25) is 0 Å². The van der Waals surface area contributed by atoms with Gasteiger partial charge < -0.3 is 23.9 Å². The Labute approximate surface area is 248 Å². The molecule has 0 spiro atoms. The molecule has 3 aliphatic rings. The molecule has 0 saturated carbocycles. The zero-order valence-electron chi connectivity index (χ0n) is 23.8. The van der Waals surface area contributed by atoms with E-state index in [4.69, 9.17) is 25.8 Å². The fraction of sp³-hybridized carbons (Fsp3) is 0.364. The number of likely N-dealkylation sites (tertiary alicyclic amines) is 1. The van der Waals surface area contributed by atoms with Gasteiger partial charge in [-0.3, -0.25) is 4.90 Å². The molecule has 3 aromatic carbocycles. The average Bonchev–Trinajstić information content (AvgIpc) is 3.51. The molecule has 1 N–H and O–H groups in total. The molecule has 220 valence electrons. The van der Waals surface area contributed by atoms with Gasteiger partial charge in [0, 0.05) is 19.1 Å². The number of hydrogen-bond donors (Lipinski definition) is 1. The summed E-state index contributed by atoms with van der Waals surface area (Å²) in [6.45, 7) is 12.6. The molecule has 0 radical (unpaired) electrons. The van der Waals surface area contributed by atoms with Crippen LogP contribution in [0.15, 0.2) is 54.6 Å². The number of para-hydroxylation sites is 1. The van der Waals surface area contributed by atoms with Gasteiger partial charge in [-0.05, 0) is 68.6 Å². The number of aromatic carboxylic acids is 1. The second-order valence-electron chi connectivity index (χ2n) is 11.6. The van der Waals surface area contributed by atoms with Crippen molar-refractivity contribution in [3.63, 3.8) is 0 Å². The highest BCUT2D eigenvalue weighted by Crippen LogP contribution is 2.50. The predicted molar refractivity (Wildman–Crippen MR) is 156 cm³/mol. The first-order chi connectivity index (χ1) is 20.8. The van der Waals surface area contributed by atoms with Gasteiger partial charge in [0.05, 0.1) is 47.9 Å². The minimum atomic E-state index is -1.33. The monoisotopic (exact) mass is 582 g/mol. The van der Waals surface area contributed by atoms with E-state index in [-0.39, 0.29) is 28.8 Å². The molecule has 2 atom stereocenters. The summed E-state index contributed by atoms with van der Waals surface area (Å²) in [5, 5.41) is 9.53. The van der Waals surface area contributed by atoms with E-state index >= 15 is 0 Å². The van der Waals surface area contributed by atoms with Crippen LogP contribution in [0.25, 0.3) is 15.9 Å². The summed E-state index contributed by atoms with van der Waals surface area (Å²) < 4.78 is 35.3. The van der Waals surface area contributed by atoms with Gasteiger partial charge in [-0.2, -0.15) is 0 Å². The van der Waals surface area contributed by atoms with Crippen molar-refractivity contribution in [2.75, 3.05) is 19.7 Å². The molecule has 2 saturated heterocycles. The van der Waals surface area contributed by atoms with Crippen molar-refractivity contribution in [1.82, 2.24) is 14.5 Å². The Kier molecular flexibility index (Phi) is 6.79. The molecule has 9 nitrogen and oxygen atoms in total. The minimum Gasteiger partial charge on any atom is -0.478 e. The normalized spacial score (nSPS) is 21.9. The van der Waals surface area contributed by atoms with E-state index in [1.165, 1.54) is 6.07 Å². The summed E-state index contributed by atoms with van der Waals surface area (Å²) in [6, 6.07) is 15.3. The fourth-order valence-corrected chi connectivity index (χ4v) is 6.39. The van der Waals surface area contributed by atoms with Gasteiger partial charge in [0.1, 0.15) is 11.6 Å². The van der Waals surface area contributed by atoms with Gasteiger partial charge in [-0.25, -0.2) is 19.0 Å². The smallest absolute Gasteiger partial charge is 0.335 e. The van der Waals surface area contributed by atoms with E-state index < -0.39 is 17.6 Å². The number of carbonyl (C=O) groups is 1. The number of nitrogens with zero attached hydrogens (tertiary/aromatic N) is 4. The zero-order valence-corrected chi connectivity index (χ0v) is 23.8. The molecule has 3 aliphatic heterocycles. The number of carboxylic acid groups (broad SMARTS) is 1. The number of piperidine rings is 1. The lowest BCUT2D eigenvalue weighted by atomic mass is 9.88. The average molecular weight is 583 g/mol. The molecule has 1 unspecified atom stereocenters. The van der Waals surface area contributed by atoms with Crippen LogP contribution in [0.4, 0.5) is 10.1 Å². The van der Waals surface area contributed by atoms with Crippen LogP contribution >= 0.6 is 0 Å². The third kappa shape index (κ3) is 4.98. The molecule has 7 rings (SSSR count). The lowest BCUT2D eigenvalue weighted by Gasteiger charge is -2.33. The first-order valence-electron chi connectivity index (χ1n) is 14.6. The highest BCUT2D eigenvalue weighted by molar-refractivity contribution is 5.92. The summed E-state index contributed by atoms with van der Waals surface area (Å²) in [7, 11) is 0. The molecule has 2 fully saturated rings. The van der Waals surface area contributed by atoms with Crippen LogP contribution in [0.5, 0.6) is 11.5 Å². The number of fused-ring (bicyclic) bond motifs is 2. The second kappa shape index (κ2) is 10.7.